The average Bonchev–Trinajstić information content (AvgIpc) is 3.02. The number of nitrogens with zero attached hydrogens (tertiary/aromatic N) is 1. The highest BCUT2D eigenvalue weighted by atomic mass is 32.2. The van der Waals surface area contributed by atoms with E-state index in [1.54, 1.807) is 4.90 Å². The quantitative estimate of drug-likeness (QED) is 0.820. The summed E-state index contributed by atoms with van der Waals surface area (Å²) in [7, 11) is 0. The zero-order valence-electron chi connectivity index (χ0n) is 14.5. The van der Waals surface area contributed by atoms with Gasteiger partial charge in [0.25, 0.3) is 0 Å². The maximum absolute atomic E-state index is 12.4. The normalized spacial score (nSPS) is 14.0. The van der Waals surface area contributed by atoms with Crippen LogP contribution in [0.2, 0.25) is 0 Å². The summed E-state index contributed by atoms with van der Waals surface area (Å²) in [6.45, 7) is 4.81. The van der Waals surface area contributed by atoms with Crippen molar-refractivity contribution in [1.29, 1.82) is 0 Å². The molecule has 0 radical (unpaired) electrons. The van der Waals surface area contributed by atoms with Crippen LogP contribution in [-0.4, -0.2) is 24.1 Å². The first-order valence-corrected chi connectivity index (χ1v) is 9.42. The molecule has 4 nitrogen and oxygen atoms in total. The molecular weight excluding hydrogens is 332 g/mol. The fourth-order valence-corrected chi connectivity index (χ4v) is 3.83. The lowest BCUT2D eigenvalue weighted by molar-refractivity contribution is -0.117. The summed E-state index contributed by atoms with van der Waals surface area (Å²) in [6, 6.07) is 13.7. The standard InChI is InChI=1S/C20H22N2O2S/c1-14-9-10-15(2)18(12-14)25-13-19(23)21-16-6-3-4-7-17(16)22-11-5-8-20(22)24/h3-4,6-7,9-10,12H,5,8,11,13H2,1-2H3,(H,21,23). The van der Waals surface area contributed by atoms with E-state index in [4.69, 9.17) is 0 Å². The van der Waals surface area contributed by atoms with Gasteiger partial charge in [0.15, 0.2) is 0 Å². The third kappa shape index (κ3) is 4.23. The van der Waals surface area contributed by atoms with Crippen molar-refractivity contribution in [2.75, 3.05) is 22.5 Å². The Morgan fingerprint density at radius 1 is 1.20 bits per heavy atom. The highest BCUT2D eigenvalue weighted by molar-refractivity contribution is 8.00. The average molecular weight is 354 g/mol. The highest BCUT2D eigenvalue weighted by Crippen LogP contribution is 2.30. The van der Waals surface area contributed by atoms with E-state index in [2.05, 4.69) is 23.5 Å². The van der Waals surface area contributed by atoms with Crippen molar-refractivity contribution in [3.05, 3.63) is 53.6 Å². The number of benzene rings is 2. The van der Waals surface area contributed by atoms with E-state index < -0.39 is 0 Å². The van der Waals surface area contributed by atoms with Gasteiger partial charge in [-0.25, -0.2) is 0 Å². The molecule has 1 fully saturated rings. The van der Waals surface area contributed by atoms with E-state index in [1.807, 2.05) is 38.1 Å². The van der Waals surface area contributed by atoms with E-state index in [1.165, 1.54) is 22.9 Å². The van der Waals surface area contributed by atoms with Crippen LogP contribution < -0.4 is 10.2 Å². The molecule has 0 aliphatic carbocycles. The van der Waals surface area contributed by atoms with Crippen molar-refractivity contribution in [1.82, 2.24) is 0 Å². The molecule has 3 rings (SSSR count). The lowest BCUT2D eigenvalue weighted by Crippen LogP contribution is -2.26. The van der Waals surface area contributed by atoms with Crippen LogP contribution in [0.15, 0.2) is 47.4 Å². The predicted octanol–water partition coefficient (Wildman–Crippen LogP) is 4.16. The summed E-state index contributed by atoms with van der Waals surface area (Å²) >= 11 is 1.53. The number of aryl methyl sites for hydroxylation is 2. The van der Waals surface area contributed by atoms with Crippen LogP contribution in [0, 0.1) is 13.8 Å². The van der Waals surface area contributed by atoms with Crippen LogP contribution in [0.25, 0.3) is 0 Å². The SMILES string of the molecule is Cc1ccc(C)c(SCC(=O)Nc2ccccc2N2CCCC2=O)c1. The predicted molar refractivity (Wildman–Crippen MR) is 103 cm³/mol. The molecule has 25 heavy (non-hydrogen) atoms. The van der Waals surface area contributed by atoms with Crippen molar-refractivity contribution in [2.24, 2.45) is 0 Å². The Labute approximate surface area is 152 Å². The van der Waals surface area contributed by atoms with E-state index in [9.17, 15) is 9.59 Å². The summed E-state index contributed by atoms with van der Waals surface area (Å²) in [6.07, 6.45) is 1.44. The third-order valence-electron chi connectivity index (χ3n) is 4.24. The van der Waals surface area contributed by atoms with Gasteiger partial charge in [-0.1, -0.05) is 29.8 Å². The minimum Gasteiger partial charge on any atom is -0.324 e. The van der Waals surface area contributed by atoms with E-state index in [0.29, 0.717) is 24.4 Å². The number of carbonyl (C=O) groups excluding carboxylic acids is 2. The lowest BCUT2D eigenvalue weighted by Gasteiger charge is -2.20. The van der Waals surface area contributed by atoms with Crippen LogP contribution in [0.4, 0.5) is 11.4 Å². The molecule has 0 atom stereocenters. The van der Waals surface area contributed by atoms with Gasteiger partial charge in [-0.15, -0.1) is 11.8 Å². The summed E-state index contributed by atoms with van der Waals surface area (Å²) in [5, 5.41) is 2.96. The molecule has 1 aliphatic heterocycles. The molecule has 1 N–H and O–H groups in total. The van der Waals surface area contributed by atoms with E-state index in [-0.39, 0.29) is 11.8 Å². The zero-order chi connectivity index (χ0) is 17.8. The van der Waals surface area contributed by atoms with Gasteiger partial charge in [0.05, 0.1) is 17.1 Å². The van der Waals surface area contributed by atoms with Crippen molar-refractivity contribution < 1.29 is 9.59 Å². The largest absolute Gasteiger partial charge is 0.324 e. The fourth-order valence-electron chi connectivity index (χ4n) is 2.91. The minimum absolute atomic E-state index is 0.0648. The number of para-hydroxylation sites is 2. The molecule has 0 unspecified atom stereocenters. The summed E-state index contributed by atoms with van der Waals surface area (Å²) in [5.41, 5.74) is 3.84. The minimum atomic E-state index is -0.0648. The molecule has 130 valence electrons. The van der Waals surface area contributed by atoms with Gasteiger partial charge in [-0.05, 0) is 44.0 Å². The second-order valence-electron chi connectivity index (χ2n) is 6.27. The molecule has 0 bridgehead atoms. The maximum atomic E-state index is 12.4. The second-order valence-corrected chi connectivity index (χ2v) is 7.29. The van der Waals surface area contributed by atoms with Gasteiger partial charge in [0, 0.05) is 17.9 Å². The van der Waals surface area contributed by atoms with Crippen molar-refractivity contribution in [3.8, 4) is 0 Å². The number of anilines is 2. The summed E-state index contributed by atoms with van der Waals surface area (Å²) in [4.78, 5) is 27.3. The number of amides is 2. The number of nitrogens with one attached hydrogen (secondary N) is 1. The summed E-state index contributed by atoms with van der Waals surface area (Å²) in [5.74, 6) is 0.392. The molecular formula is C20H22N2O2S. The Morgan fingerprint density at radius 2 is 2.00 bits per heavy atom. The number of hydrogen-bond acceptors (Lipinski definition) is 3. The summed E-state index contributed by atoms with van der Waals surface area (Å²) < 4.78 is 0. The van der Waals surface area contributed by atoms with Crippen LogP contribution in [0.1, 0.15) is 24.0 Å². The number of rotatable bonds is 5. The highest BCUT2D eigenvalue weighted by Gasteiger charge is 2.24. The Hall–Kier alpha value is -2.27. The first-order valence-electron chi connectivity index (χ1n) is 8.44. The van der Waals surface area contributed by atoms with E-state index >= 15 is 0 Å². The van der Waals surface area contributed by atoms with Crippen molar-refractivity contribution in [3.63, 3.8) is 0 Å². The topological polar surface area (TPSA) is 49.4 Å². The Kier molecular flexibility index (Phi) is 5.43. The number of hydrogen-bond donors (Lipinski definition) is 1. The molecule has 0 saturated carbocycles. The van der Waals surface area contributed by atoms with Crippen molar-refractivity contribution >= 4 is 35.0 Å². The van der Waals surface area contributed by atoms with Gasteiger partial charge >= 0.3 is 0 Å². The molecule has 1 saturated heterocycles. The van der Waals surface area contributed by atoms with E-state index in [0.717, 1.165) is 17.0 Å². The molecule has 0 spiro atoms. The number of thioether (sulfide) groups is 1. The fraction of sp³-hybridized carbons (Fsp3) is 0.300. The molecule has 2 aromatic rings. The van der Waals surface area contributed by atoms with Gasteiger partial charge in [0.1, 0.15) is 0 Å². The van der Waals surface area contributed by atoms with Crippen LogP contribution >= 0.6 is 11.8 Å². The molecule has 1 aliphatic rings. The monoisotopic (exact) mass is 354 g/mol. The molecule has 2 aromatic carbocycles. The molecule has 1 heterocycles. The number of carbonyl (C=O) groups is 2. The first kappa shape index (κ1) is 17.5. The van der Waals surface area contributed by atoms with Crippen LogP contribution in [0.5, 0.6) is 0 Å². The molecule has 5 heteroatoms. The van der Waals surface area contributed by atoms with Gasteiger partial charge in [-0.2, -0.15) is 0 Å². The maximum Gasteiger partial charge on any atom is 0.234 e. The molecule has 2 amide bonds. The Morgan fingerprint density at radius 3 is 2.76 bits per heavy atom. The van der Waals surface area contributed by atoms with Gasteiger partial charge < -0.3 is 10.2 Å². The van der Waals surface area contributed by atoms with Gasteiger partial charge in [-0.3, -0.25) is 9.59 Å². The smallest absolute Gasteiger partial charge is 0.234 e. The first-order chi connectivity index (χ1) is 12.0. The lowest BCUT2D eigenvalue weighted by atomic mass is 10.2. The van der Waals surface area contributed by atoms with Gasteiger partial charge in [0.2, 0.25) is 11.8 Å². The third-order valence-corrected chi connectivity index (χ3v) is 5.40. The van der Waals surface area contributed by atoms with Crippen molar-refractivity contribution in [2.45, 2.75) is 31.6 Å². The van der Waals surface area contributed by atoms with Crippen LogP contribution in [-0.2, 0) is 9.59 Å². The Bertz CT molecular complexity index is 804. The Balaban J connectivity index is 1.67. The zero-order valence-corrected chi connectivity index (χ0v) is 15.4. The van der Waals surface area contributed by atoms with Crippen LogP contribution in [0.3, 0.4) is 0 Å². The second kappa shape index (κ2) is 7.74. The molecule has 0 aromatic heterocycles.